The summed E-state index contributed by atoms with van der Waals surface area (Å²) in [6.07, 6.45) is 3.87. The van der Waals surface area contributed by atoms with Gasteiger partial charge in [-0.1, -0.05) is 26.7 Å². The minimum absolute atomic E-state index is 0.0294. The lowest BCUT2D eigenvalue weighted by molar-refractivity contribution is 0.398. The molecule has 1 aliphatic rings. The highest BCUT2D eigenvalue weighted by Gasteiger charge is 2.37. The molecule has 1 fully saturated rings. The number of sulfone groups is 1. The van der Waals surface area contributed by atoms with Gasteiger partial charge in [0.2, 0.25) is 0 Å². The van der Waals surface area contributed by atoms with Crippen molar-refractivity contribution in [1.29, 1.82) is 0 Å². The molecule has 3 nitrogen and oxygen atoms in total. The van der Waals surface area contributed by atoms with Crippen molar-refractivity contribution >= 4 is 9.84 Å². The lowest BCUT2D eigenvalue weighted by Gasteiger charge is -2.29. The van der Waals surface area contributed by atoms with Gasteiger partial charge in [0, 0.05) is 12.1 Å². The molecule has 0 aliphatic heterocycles. The van der Waals surface area contributed by atoms with Crippen LogP contribution in [0.1, 0.15) is 60.3 Å². The first-order chi connectivity index (χ1) is 8.14. The molecule has 0 heterocycles. The summed E-state index contributed by atoms with van der Waals surface area (Å²) in [7, 11) is -2.98. The van der Waals surface area contributed by atoms with Crippen LogP contribution in [0.3, 0.4) is 0 Å². The van der Waals surface area contributed by atoms with Gasteiger partial charge >= 0.3 is 0 Å². The predicted molar refractivity (Wildman–Crippen MR) is 77.6 cm³/mol. The molecule has 0 aromatic rings. The zero-order valence-corrected chi connectivity index (χ0v) is 13.3. The van der Waals surface area contributed by atoms with Gasteiger partial charge in [0.25, 0.3) is 0 Å². The molecule has 1 aliphatic carbocycles. The minimum atomic E-state index is -2.98. The Morgan fingerprint density at radius 2 is 1.67 bits per heavy atom. The Balaban J connectivity index is 2.77. The second-order valence-electron chi connectivity index (χ2n) is 6.91. The summed E-state index contributed by atoms with van der Waals surface area (Å²) in [6, 6.07) is 0. The van der Waals surface area contributed by atoms with E-state index in [9.17, 15) is 8.42 Å². The summed E-state index contributed by atoms with van der Waals surface area (Å²) < 4.78 is 25.3. The molecule has 0 spiro atoms. The molecule has 1 N–H and O–H groups in total. The molecular formula is C14H29NO2S. The molecule has 0 radical (unpaired) electrons. The molecule has 1 unspecified atom stereocenters. The van der Waals surface area contributed by atoms with E-state index in [2.05, 4.69) is 26.1 Å². The highest BCUT2D eigenvalue weighted by Crippen LogP contribution is 2.29. The van der Waals surface area contributed by atoms with Gasteiger partial charge in [-0.05, 0) is 39.5 Å². The highest BCUT2D eigenvalue weighted by molar-refractivity contribution is 7.92. The summed E-state index contributed by atoms with van der Waals surface area (Å²) >= 11 is 0. The van der Waals surface area contributed by atoms with Crippen molar-refractivity contribution < 1.29 is 8.42 Å². The van der Waals surface area contributed by atoms with E-state index in [4.69, 9.17) is 0 Å². The van der Waals surface area contributed by atoms with E-state index in [1.165, 1.54) is 0 Å². The second kappa shape index (κ2) is 5.91. The van der Waals surface area contributed by atoms with Crippen LogP contribution in [0, 0.1) is 5.92 Å². The first-order valence-corrected chi connectivity index (χ1v) is 8.73. The Kier molecular flexibility index (Phi) is 5.24. The zero-order valence-electron chi connectivity index (χ0n) is 12.5. The molecule has 0 aromatic heterocycles. The normalized spacial score (nSPS) is 20.6. The first-order valence-electron chi connectivity index (χ1n) is 7.12. The molecule has 1 atom stereocenters. The van der Waals surface area contributed by atoms with E-state index >= 15 is 0 Å². The third-order valence-corrected chi connectivity index (χ3v) is 6.72. The van der Waals surface area contributed by atoms with Gasteiger partial charge in [0.1, 0.15) is 0 Å². The summed E-state index contributed by atoms with van der Waals surface area (Å²) in [5, 5.41) is 3.01. The Hall–Kier alpha value is -0.0900. The smallest absolute Gasteiger partial charge is 0.157 e. The van der Waals surface area contributed by atoms with Gasteiger partial charge < -0.3 is 5.32 Å². The van der Waals surface area contributed by atoms with E-state index in [1.54, 1.807) is 0 Å². The molecule has 1 saturated carbocycles. The Labute approximate surface area is 113 Å². The van der Waals surface area contributed by atoms with Gasteiger partial charge in [-0.2, -0.15) is 0 Å². The van der Waals surface area contributed by atoms with Crippen LogP contribution in [0.2, 0.25) is 0 Å². The van der Waals surface area contributed by atoms with Crippen molar-refractivity contribution in [2.24, 2.45) is 5.92 Å². The lowest BCUT2D eigenvalue weighted by Crippen LogP contribution is -2.47. The van der Waals surface area contributed by atoms with Crippen molar-refractivity contribution in [2.45, 2.75) is 76.3 Å². The number of hydrogen-bond donors (Lipinski definition) is 1. The Morgan fingerprint density at radius 1 is 1.17 bits per heavy atom. The molecule has 0 aromatic carbocycles. The SMILES string of the molecule is CC(C)C(CNC(C)(C)C)S(=O)(=O)C1CCCC1. The standard InChI is InChI=1S/C14H29NO2S/c1-11(2)13(10-15-14(3,4)5)18(16,17)12-8-6-7-9-12/h11-13,15H,6-10H2,1-5H3. The Morgan fingerprint density at radius 3 is 2.06 bits per heavy atom. The van der Waals surface area contributed by atoms with Crippen LogP contribution in [-0.2, 0) is 9.84 Å². The largest absolute Gasteiger partial charge is 0.311 e. The maximum absolute atomic E-state index is 12.7. The predicted octanol–water partition coefficient (Wildman–Crippen LogP) is 2.76. The summed E-state index contributed by atoms with van der Waals surface area (Å²) in [5.41, 5.74) is -0.0294. The second-order valence-corrected chi connectivity index (χ2v) is 9.36. The lowest BCUT2D eigenvalue weighted by atomic mass is 10.1. The van der Waals surface area contributed by atoms with Gasteiger partial charge in [-0.3, -0.25) is 0 Å². The van der Waals surface area contributed by atoms with Gasteiger partial charge in [0.05, 0.1) is 10.5 Å². The maximum Gasteiger partial charge on any atom is 0.157 e. The molecule has 108 valence electrons. The van der Waals surface area contributed by atoms with E-state index in [0.29, 0.717) is 6.54 Å². The average Bonchev–Trinajstić information content (AvgIpc) is 2.67. The maximum atomic E-state index is 12.7. The number of rotatable bonds is 5. The van der Waals surface area contributed by atoms with Crippen LogP contribution >= 0.6 is 0 Å². The topological polar surface area (TPSA) is 46.2 Å². The van der Waals surface area contributed by atoms with Crippen molar-refractivity contribution in [3.63, 3.8) is 0 Å². The number of nitrogens with one attached hydrogen (secondary N) is 1. The van der Waals surface area contributed by atoms with Crippen LogP contribution < -0.4 is 5.32 Å². The fraction of sp³-hybridized carbons (Fsp3) is 1.00. The number of hydrogen-bond acceptors (Lipinski definition) is 3. The molecule has 18 heavy (non-hydrogen) atoms. The van der Waals surface area contributed by atoms with Crippen molar-refractivity contribution in [2.75, 3.05) is 6.54 Å². The summed E-state index contributed by atoms with van der Waals surface area (Å²) in [4.78, 5) is 0. The van der Waals surface area contributed by atoms with Crippen LogP contribution in [0.15, 0.2) is 0 Å². The van der Waals surface area contributed by atoms with Gasteiger partial charge in [-0.15, -0.1) is 0 Å². The highest BCUT2D eigenvalue weighted by atomic mass is 32.2. The molecule has 1 rings (SSSR count). The molecule has 0 bridgehead atoms. The minimum Gasteiger partial charge on any atom is -0.311 e. The third-order valence-electron chi connectivity index (χ3n) is 3.77. The van der Waals surface area contributed by atoms with Crippen molar-refractivity contribution in [1.82, 2.24) is 5.32 Å². The summed E-state index contributed by atoms with van der Waals surface area (Å²) in [5.74, 6) is 0.172. The molecule has 0 saturated heterocycles. The van der Waals surface area contributed by atoms with E-state index in [-0.39, 0.29) is 22.0 Å². The fourth-order valence-electron chi connectivity index (χ4n) is 2.60. The van der Waals surface area contributed by atoms with E-state index in [1.807, 2.05) is 13.8 Å². The van der Waals surface area contributed by atoms with E-state index < -0.39 is 9.84 Å². The molecular weight excluding hydrogens is 246 g/mol. The third kappa shape index (κ3) is 4.23. The molecule has 4 heteroatoms. The van der Waals surface area contributed by atoms with Crippen molar-refractivity contribution in [3.8, 4) is 0 Å². The quantitative estimate of drug-likeness (QED) is 0.839. The van der Waals surface area contributed by atoms with Crippen LogP contribution in [0.5, 0.6) is 0 Å². The first kappa shape index (κ1) is 16.0. The summed E-state index contributed by atoms with van der Waals surface area (Å²) in [6.45, 7) is 10.8. The monoisotopic (exact) mass is 275 g/mol. The Bertz CT molecular complexity index is 348. The van der Waals surface area contributed by atoms with Gasteiger partial charge in [0.15, 0.2) is 9.84 Å². The average molecular weight is 275 g/mol. The van der Waals surface area contributed by atoms with E-state index in [0.717, 1.165) is 25.7 Å². The van der Waals surface area contributed by atoms with Gasteiger partial charge in [-0.25, -0.2) is 8.42 Å². The van der Waals surface area contributed by atoms with Crippen molar-refractivity contribution in [3.05, 3.63) is 0 Å². The van der Waals surface area contributed by atoms with Crippen LogP contribution in [0.4, 0.5) is 0 Å². The van der Waals surface area contributed by atoms with Crippen LogP contribution in [0.25, 0.3) is 0 Å². The zero-order chi connectivity index (χ0) is 14.0. The van der Waals surface area contributed by atoms with Crippen LogP contribution in [-0.4, -0.2) is 31.0 Å². The molecule has 0 amide bonds. The fourth-order valence-corrected chi connectivity index (χ4v) is 5.16.